The maximum atomic E-state index is 5.51. The van der Waals surface area contributed by atoms with Crippen LogP contribution in [0.2, 0.25) is 0 Å². The highest BCUT2D eigenvalue weighted by atomic mass is 32.1. The van der Waals surface area contributed by atoms with E-state index in [9.17, 15) is 0 Å². The van der Waals surface area contributed by atoms with Crippen LogP contribution in [-0.2, 0) is 14.2 Å². The van der Waals surface area contributed by atoms with Crippen molar-refractivity contribution in [1.82, 2.24) is 5.32 Å². The minimum absolute atomic E-state index is 0.0234. The predicted molar refractivity (Wildman–Crippen MR) is 66.5 cm³/mol. The van der Waals surface area contributed by atoms with Crippen LogP contribution in [0.25, 0.3) is 0 Å². The first-order chi connectivity index (χ1) is 7.74. The first-order valence-corrected chi connectivity index (χ1v) is 6.55. The average Bonchev–Trinajstić information content (AvgIpc) is 2.98. The van der Waals surface area contributed by atoms with Gasteiger partial charge in [0.05, 0.1) is 5.44 Å². The molecule has 0 radical (unpaired) electrons. The summed E-state index contributed by atoms with van der Waals surface area (Å²) in [7, 11) is 0. The van der Waals surface area contributed by atoms with E-state index in [0.29, 0.717) is 0 Å². The zero-order valence-electron chi connectivity index (χ0n) is 10.1. The molecule has 1 N–H and O–H groups in total. The van der Waals surface area contributed by atoms with Crippen LogP contribution in [-0.4, -0.2) is 37.7 Å². The second-order valence-corrected chi connectivity index (χ2v) is 4.65. The van der Waals surface area contributed by atoms with Crippen LogP contribution >= 0.6 is 12.6 Å². The molecule has 1 saturated heterocycles. The van der Waals surface area contributed by atoms with Gasteiger partial charge in [-0.15, -0.1) is 12.6 Å². The number of thiol groups is 1. The van der Waals surface area contributed by atoms with E-state index in [1.54, 1.807) is 0 Å². The molecule has 1 heterocycles. The molecule has 16 heavy (non-hydrogen) atoms. The molecular formula is C11H23NO3S. The molecule has 1 rings (SSSR count). The molecule has 0 aromatic heterocycles. The van der Waals surface area contributed by atoms with Crippen molar-refractivity contribution < 1.29 is 14.2 Å². The molecule has 3 unspecified atom stereocenters. The highest BCUT2D eigenvalue weighted by molar-refractivity contribution is 7.80. The Morgan fingerprint density at radius 2 is 2.12 bits per heavy atom. The summed E-state index contributed by atoms with van der Waals surface area (Å²) in [4.78, 5) is 0. The molecule has 1 fully saturated rings. The van der Waals surface area contributed by atoms with E-state index < -0.39 is 0 Å². The van der Waals surface area contributed by atoms with Gasteiger partial charge in [0.15, 0.2) is 12.5 Å². The van der Waals surface area contributed by atoms with Crippen LogP contribution in [0.4, 0.5) is 0 Å². The Morgan fingerprint density at radius 3 is 2.81 bits per heavy atom. The quantitative estimate of drug-likeness (QED) is 0.268. The summed E-state index contributed by atoms with van der Waals surface area (Å²) >= 11 is 4.13. The maximum Gasteiger partial charge on any atom is 0.199 e. The molecule has 0 aromatic rings. The van der Waals surface area contributed by atoms with Gasteiger partial charge in [0.2, 0.25) is 0 Å². The molecule has 0 aromatic carbocycles. The lowest BCUT2D eigenvalue weighted by Crippen LogP contribution is -2.21. The van der Waals surface area contributed by atoms with Crippen molar-refractivity contribution in [2.24, 2.45) is 0 Å². The minimum atomic E-state index is -0.0312. The molecule has 4 nitrogen and oxygen atoms in total. The molecular weight excluding hydrogens is 226 g/mol. The van der Waals surface area contributed by atoms with Gasteiger partial charge in [0.1, 0.15) is 0 Å². The van der Waals surface area contributed by atoms with Crippen molar-refractivity contribution in [1.29, 1.82) is 0 Å². The van der Waals surface area contributed by atoms with E-state index in [1.807, 2.05) is 6.92 Å². The summed E-state index contributed by atoms with van der Waals surface area (Å²) in [5, 5.41) is 3.24. The molecule has 0 aliphatic carbocycles. The van der Waals surface area contributed by atoms with Gasteiger partial charge in [-0.3, -0.25) is 5.32 Å². The molecule has 1 aliphatic rings. The Hall–Kier alpha value is 0.190. The van der Waals surface area contributed by atoms with E-state index in [2.05, 4.69) is 24.9 Å². The van der Waals surface area contributed by atoms with Crippen LogP contribution in [0.5, 0.6) is 0 Å². The summed E-state index contributed by atoms with van der Waals surface area (Å²) in [6.45, 7) is 6.52. The Kier molecular flexibility index (Phi) is 7.40. The standard InChI is InChI=1S/C11H23NO3S/c1-3-6-12-10-11(15-10)14-8-5-4-7-13-9(2)16/h9-12,16H,3-8H2,1-2H3. The summed E-state index contributed by atoms with van der Waals surface area (Å²) in [5.41, 5.74) is 0.0234. The van der Waals surface area contributed by atoms with Crippen LogP contribution in [0.3, 0.4) is 0 Å². The fourth-order valence-electron chi connectivity index (χ4n) is 1.31. The van der Waals surface area contributed by atoms with Crippen molar-refractivity contribution in [2.45, 2.75) is 51.1 Å². The van der Waals surface area contributed by atoms with Gasteiger partial charge in [-0.1, -0.05) is 6.92 Å². The fraction of sp³-hybridized carbons (Fsp3) is 1.00. The Labute approximate surface area is 103 Å². The van der Waals surface area contributed by atoms with Crippen molar-refractivity contribution in [3.63, 3.8) is 0 Å². The topological polar surface area (TPSA) is 43.0 Å². The van der Waals surface area contributed by atoms with Gasteiger partial charge in [0.25, 0.3) is 0 Å². The van der Waals surface area contributed by atoms with Gasteiger partial charge in [-0.2, -0.15) is 0 Å². The van der Waals surface area contributed by atoms with Crippen molar-refractivity contribution >= 4 is 12.6 Å². The second-order valence-electron chi connectivity index (χ2n) is 3.93. The maximum absolute atomic E-state index is 5.51. The van der Waals surface area contributed by atoms with Gasteiger partial charge < -0.3 is 14.2 Å². The molecule has 3 atom stereocenters. The van der Waals surface area contributed by atoms with Gasteiger partial charge in [-0.25, -0.2) is 0 Å². The van der Waals surface area contributed by atoms with Crippen LogP contribution < -0.4 is 5.32 Å². The lowest BCUT2D eigenvalue weighted by molar-refractivity contribution is 0.0419. The average molecular weight is 249 g/mol. The first-order valence-electron chi connectivity index (χ1n) is 6.04. The zero-order valence-corrected chi connectivity index (χ0v) is 11.0. The number of unbranched alkanes of at least 4 members (excludes halogenated alkanes) is 1. The molecule has 96 valence electrons. The minimum Gasteiger partial charge on any atom is -0.368 e. The smallest absolute Gasteiger partial charge is 0.199 e. The lowest BCUT2D eigenvalue weighted by atomic mass is 10.3. The SMILES string of the molecule is CCCNC1OC1OCCCCOC(C)S. The third-order valence-corrected chi connectivity index (χ3v) is 2.38. The lowest BCUT2D eigenvalue weighted by Gasteiger charge is -2.06. The van der Waals surface area contributed by atoms with Crippen molar-refractivity contribution in [3.8, 4) is 0 Å². The fourth-order valence-corrected chi connectivity index (χ4v) is 1.42. The van der Waals surface area contributed by atoms with E-state index in [1.165, 1.54) is 0 Å². The van der Waals surface area contributed by atoms with E-state index in [-0.39, 0.29) is 18.0 Å². The number of rotatable bonds is 10. The number of hydrogen-bond acceptors (Lipinski definition) is 5. The Bertz CT molecular complexity index is 181. The molecule has 0 spiro atoms. The summed E-state index contributed by atoms with van der Waals surface area (Å²) in [5.74, 6) is 0. The molecule has 5 heteroatoms. The summed E-state index contributed by atoms with van der Waals surface area (Å²) in [6, 6.07) is 0. The van der Waals surface area contributed by atoms with E-state index >= 15 is 0 Å². The van der Waals surface area contributed by atoms with Gasteiger partial charge in [0, 0.05) is 13.2 Å². The number of nitrogens with one attached hydrogen (secondary N) is 1. The molecule has 1 aliphatic heterocycles. The molecule has 0 amide bonds. The Balaban J connectivity index is 1.79. The third-order valence-electron chi connectivity index (χ3n) is 2.23. The van der Waals surface area contributed by atoms with E-state index in [4.69, 9.17) is 14.2 Å². The normalized spacial score (nSPS) is 25.7. The second kappa shape index (κ2) is 8.31. The third kappa shape index (κ3) is 6.70. The highest BCUT2D eigenvalue weighted by Gasteiger charge is 2.39. The first kappa shape index (κ1) is 14.3. The van der Waals surface area contributed by atoms with E-state index in [0.717, 1.165) is 39.0 Å². The van der Waals surface area contributed by atoms with Gasteiger partial charge >= 0.3 is 0 Å². The zero-order chi connectivity index (χ0) is 11.8. The Morgan fingerprint density at radius 1 is 1.38 bits per heavy atom. The summed E-state index contributed by atoms with van der Waals surface area (Å²) in [6.07, 6.45) is 3.21. The van der Waals surface area contributed by atoms with Crippen LogP contribution in [0, 0.1) is 0 Å². The largest absolute Gasteiger partial charge is 0.368 e. The number of ether oxygens (including phenoxy) is 3. The van der Waals surface area contributed by atoms with Crippen molar-refractivity contribution in [2.75, 3.05) is 19.8 Å². The number of hydrogen-bond donors (Lipinski definition) is 2. The van der Waals surface area contributed by atoms with Crippen LogP contribution in [0.15, 0.2) is 0 Å². The van der Waals surface area contributed by atoms with Crippen molar-refractivity contribution in [3.05, 3.63) is 0 Å². The monoisotopic (exact) mass is 249 g/mol. The summed E-state index contributed by atoms with van der Waals surface area (Å²) < 4.78 is 16.1. The molecule has 0 saturated carbocycles. The number of epoxide rings is 1. The predicted octanol–water partition coefficient (Wildman–Crippen LogP) is 1.76. The molecule has 0 bridgehead atoms. The van der Waals surface area contributed by atoms with Crippen LogP contribution in [0.1, 0.15) is 33.1 Å². The van der Waals surface area contributed by atoms with Gasteiger partial charge in [-0.05, 0) is 32.7 Å². The highest BCUT2D eigenvalue weighted by Crippen LogP contribution is 2.20.